The number of para-hydroxylation sites is 1. The molecule has 10 heteroatoms. The van der Waals surface area contributed by atoms with Gasteiger partial charge in [0.1, 0.15) is 11.4 Å². The molecule has 0 aliphatic carbocycles. The van der Waals surface area contributed by atoms with Crippen molar-refractivity contribution in [1.29, 1.82) is 0 Å². The number of nitrogens with zero attached hydrogens (tertiary/aromatic N) is 1. The lowest BCUT2D eigenvalue weighted by molar-refractivity contribution is 0.00219. The Hall–Kier alpha value is -2.14. The van der Waals surface area contributed by atoms with Crippen LogP contribution in [0, 0.1) is 0 Å². The lowest BCUT2D eigenvalue weighted by Crippen LogP contribution is -2.43. The van der Waals surface area contributed by atoms with E-state index >= 15 is 0 Å². The normalized spacial score (nSPS) is 23.4. The second kappa shape index (κ2) is 7.84. The summed E-state index contributed by atoms with van der Waals surface area (Å²) in [6.45, 7) is 0.480. The SMILES string of the molecule is O=S(=O)(NCC1(O)CCOc2ccccc21)c1ccc(N2CCCCS2(=O)=O)cc1. The van der Waals surface area contributed by atoms with E-state index in [4.69, 9.17) is 4.74 Å². The first-order valence-electron chi connectivity index (χ1n) is 9.76. The highest BCUT2D eigenvalue weighted by atomic mass is 32.2. The Labute approximate surface area is 176 Å². The van der Waals surface area contributed by atoms with Gasteiger partial charge in [0.25, 0.3) is 0 Å². The molecule has 1 saturated heterocycles. The molecule has 0 bridgehead atoms. The third-order valence-electron chi connectivity index (χ3n) is 5.50. The van der Waals surface area contributed by atoms with E-state index in [9.17, 15) is 21.9 Å². The van der Waals surface area contributed by atoms with Crippen molar-refractivity contribution < 1.29 is 26.7 Å². The molecule has 1 fully saturated rings. The summed E-state index contributed by atoms with van der Waals surface area (Å²) in [5.41, 5.74) is -0.376. The monoisotopic (exact) mass is 452 g/mol. The second-order valence-corrected chi connectivity index (χ2v) is 11.3. The molecule has 0 amide bonds. The van der Waals surface area contributed by atoms with Crippen molar-refractivity contribution in [2.75, 3.05) is 29.8 Å². The van der Waals surface area contributed by atoms with Crippen LogP contribution in [0.15, 0.2) is 53.4 Å². The maximum Gasteiger partial charge on any atom is 0.240 e. The fourth-order valence-corrected chi connectivity index (χ4v) is 6.52. The number of rotatable bonds is 5. The number of ether oxygens (including phenoxy) is 1. The van der Waals surface area contributed by atoms with Crippen LogP contribution in [0.3, 0.4) is 0 Å². The fraction of sp³-hybridized carbons (Fsp3) is 0.400. The maximum atomic E-state index is 12.8. The van der Waals surface area contributed by atoms with Crippen molar-refractivity contribution in [3.8, 4) is 5.75 Å². The highest BCUT2D eigenvalue weighted by Crippen LogP contribution is 2.36. The number of aliphatic hydroxyl groups is 1. The van der Waals surface area contributed by atoms with E-state index < -0.39 is 25.6 Å². The number of hydrogen-bond acceptors (Lipinski definition) is 6. The third-order valence-corrected chi connectivity index (χ3v) is 8.79. The quantitative estimate of drug-likeness (QED) is 0.712. The van der Waals surface area contributed by atoms with Crippen molar-refractivity contribution >= 4 is 25.7 Å². The van der Waals surface area contributed by atoms with Crippen LogP contribution in [-0.2, 0) is 25.6 Å². The Bertz CT molecular complexity index is 1130. The van der Waals surface area contributed by atoms with E-state index in [1.54, 1.807) is 24.3 Å². The zero-order valence-corrected chi connectivity index (χ0v) is 18.0. The zero-order valence-electron chi connectivity index (χ0n) is 16.3. The van der Waals surface area contributed by atoms with Crippen molar-refractivity contribution in [1.82, 2.24) is 4.72 Å². The third kappa shape index (κ3) is 4.04. The molecule has 2 aromatic rings. The number of anilines is 1. The highest BCUT2D eigenvalue weighted by molar-refractivity contribution is 7.92. The molecular formula is C20H24N2O6S2. The molecule has 8 nitrogen and oxygen atoms in total. The van der Waals surface area contributed by atoms with Gasteiger partial charge in [-0.05, 0) is 43.2 Å². The van der Waals surface area contributed by atoms with Gasteiger partial charge < -0.3 is 9.84 Å². The predicted octanol–water partition coefficient (Wildman–Crippen LogP) is 1.57. The van der Waals surface area contributed by atoms with Crippen molar-refractivity contribution in [3.63, 3.8) is 0 Å². The first kappa shape index (κ1) is 21.1. The summed E-state index contributed by atoms with van der Waals surface area (Å²) in [4.78, 5) is 0.00426. The van der Waals surface area contributed by atoms with Gasteiger partial charge in [-0.2, -0.15) is 0 Å². The molecule has 2 aliphatic heterocycles. The smallest absolute Gasteiger partial charge is 0.240 e. The summed E-state index contributed by atoms with van der Waals surface area (Å²) in [5, 5.41) is 11.0. The predicted molar refractivity (Wildman–Crippen MR) is 112 cm³/mol. The van der Waals surface area contributed by atoms with Gasteiger partial charge in [-0.25, -0.2) is 21.6 Å². The average molecular weight is 453 g/mol. The van der Waals surface area contributed by atoms with Crippen LogP contribution in [0.5, 0.6) is 5.75 Å². The van der Waals surface area contributed by atoms with Gasteiger partial charge in [-0.15, -0.1) is 0 Å². The van der Waals surface area contributed by atoms with Crippen molar-refractivity contribution in [2.45, 2.75) is 29.8 Å². The summed E-state index contributed by atoms with van der Waals surface area (Å²) in [7, 11) is -7.26. The van der Waals surface area contributed by atoms with Crippen LogP contribution in [0.25, 0.3) is 0 Å². The largest absolute Gasteiger partial charge is 0.493 e. The minimum atomic E-state index is -3.90. The lowest BCUT2D eigenvalue weighted by Gasteiger charge is -2.34. The summed E-state index contributed by atoms with van der Waals surface area (Å²) < 4.78 is 59.3. The molecule has 0 spiro atoms. The standard InChI is InChI=1S/C20H24N2O6S2/c23-20(11-13-28-19-6-2-1-5-18(19)20)15-21-30(26,27)17-9-7-16(8-10-17)22-12-3-4-14-29(22,24)25/h1-2,5-10,21,23H,3-4,11-15H2. The van der Waals surface area contributed by atoms with Crippen molar-refractivity contribution in [3.05, 3.63) is 54.1 Å². The number of hydrogen-bond donors (Lipinski definition) is 2. The molecule has 0 radical (unpaired) electrons. The summed E-state index contributed by atoms with van der Waals surface area (Å²) in [6, 6.07) is 12.8. The average Bonchev–Trinajstić information content (AvgIpc) is 2.73. The van der Waals surface area contributed by atoms with Gasteiger partial charge in [0.15, 0.2) is 0 Å². The first-order valence-corrected chi connectivity index (χ1v) is 12.9. The molecule has 30 heavy (non-hydrogen) atoms. The summed E-state index contributed by atoms with van der Waals surface area (Å²) in [6.07, 6.45) is 1.66. The molecule has 2 N–H and O–H groups in total. The molecule has 0 saturated carbocycles. The molecule has 0 aromatic heterocycles. The Balaban J connectivity index is 1.51. The van der Waals surface area contributed by atoms with E-state index in [1.807, 2.05) is 0 Å². The Morgan fingerprint density at radius 2 is 1.83 bits per heavy atom. The molecule has 162 valence electrons. The van der Waals surface area contributed by atoms with Crippen LogP contribution < -0.4 is 13.8 Å². The van der Waals surface area contributed by atoms with Gasteiger partial charge in [0.05, 0.1) is 22.9 Å². The molecule has 1 atom stereocenters. The molecule has 1 unspecified atom stereocenters. The van der Waals surface area contributed by atoms with Crippen LogP contribution in [0.2, 0.25) is 0 Å². The second-order valence-electron chi connectivity index (χ2n) is 7.54. The van der Waals surface area contributed by atoms with Gasteiger partial charge >= 0.3 is 0 Å². The van der Waals surface area contributed by atoms with E-state index in [2.05, 4.69) is 4.72 Å². The van der Waals surface area contributed by atoms with E-state index in [-0.39, 0.29) is 30.2 Å². The van der Waals surface area contributed by atoms with Gasteiger partial charge in [-0.3, -0.25) is 4.31 Å². The minimum absolute atomic E-state index is 0.00426. The summed E-state index contributed by atoms with van der Waals surface area (Å²) >= 11 is 0. The van der Waals surface area contributed by atoms with Crippen LogP contribution in [-0.4, -0.2) is 47.4 Å². The van der Waals surface area contributed by atoms with Crippen molar-refractivity contribution in [2.24, 2.45) is 0 Å². The van der Waals surface area contributed by atoms with Gasteiger partial charge in [-0.1, -0.05) is 18.2 Å². The molecule has 2 heterocycles. The maximum absolute atomic E-state index is 12.8. The topological polar surface area (TPSA) is 113 Å². The molecule has 2 aromatic carbocycles. The Morgan fingerprint density at radius 1 is 1.10 bits per heavy atom. The number of benzene rings is 2. The van der Waals surface area contributed by atoms with E-state index in [1.165, 1.54) is 28.6 Å². The van der Waals surface area contributed by atoms with Gasteiger partial charge in [0, 0.05) is 25.1 Å². The fourth-order valence-electron chi connectivity index (χ4n) is 3.79. The minimum Gasteiger partial charge on any atom is -0.493 e. The molecule has 2 aliphatic rings. The molecule has 4 rings (SSSR count). The lowest BCUT2D eigenvalue weighted by atomic mass is 9.88. The number of fused-ring (bicyclic) bond motifs is 1. The van der Waals surface area contributed by atoms with Crippen LogP contribution in [0.1, 0.15) is 24.8 Å². The van der Waals surface area contributed by atoms with E-state index in [0.29, 0.717) is 30.0 Å². The zero-order chi connectivity index (χ0) is 21.4. The molecular weight excluding hydrogens is 428 g/mol. The Morgan fingerprint density at radius 3 is 2.57 bits per heavy atom. The van der Waals surface area contributed by atoms with Crippen LogP contribution >= 0.6 is 0 Å². The Kier molecular flexibility index (Phi) is 5.52. The number of nitrogens with one attached hydrogen (secondary N) is 1. The van der Waals surface area contributed by atoms with Gasteiger partial charge in [0.2, 0.25) is 20.0 Å². The number of sulfonamides is 2. The summed E-state index contributed by atoms with van der Waals surface area (Å²) in [5.74, 6) is 0.635. The first-order chi connectivity index (χ1) is 14.2. The van der Waals surface area contributed by atoms with E-state index in [0.717, 1.165) is 6.42 Å². The highest BCUT2D eigenvalue weighted by Gasteiger charge is 2.36. The van der Waals surface area contributed by atoms with Crippen LogP contribution in [0.4, 0.5) is 5.69 Å².